The molecule has 0 saturated heterocycles. The van der Waals surface area contributed by atoms with Gasteiger partial charge in [0.1, 0.15) is 6.07 Å². The van der Waals surface area contributed by atoms with E-state index in [1.165, 1.54) is 6.07 Å². The second-order valence-electron chi connectivity index (χ2n) is 6.13. The Morgan fingerprint density at radius 2 is 1.69 bits per heavy atom. The van der Waals surface area contributed by atoms with Crippen molar-refractivity contribution < 1.29 is 4.79 Å². The van der Waals surface area contributed by atoms with Crippen molar-refractivity contribution in [2.75, 3.05) is 5.32 Å². The zero-order valence-electron chi connectivity index (χ0n) is 15.1. The van der Waals surface area contributed by atoms with Crippen molar-refractivity contribution in [3.8, 4) is 23.1 Å². The van der Waals surface area contributed by atoms with Crippen LogP contribution in [0.3, 0.4) is 0 Å². The fourth-order valence-electron chi connectivity index (χ4n) is 2.80. The first-order chi connectivity index (χ1) is 14.2. The van der Waals surface area contributed by atoms with E-state index in [9.17, 15) is 4.79 Å². The van der Waals surface area contributed by atoms with Crippen LogP contribution in [-0.2, 0) is 0 Å². The molecule has 7 heteroatoms. The summed E-state index contributed by atoms with van der Waals surface area (Å²) < 4.78 is 1.63. The second kappa shape index (κ2) is 7.97. The average molecular weight is 400 g/mol. The third kappa shape index (κ3) is 3.86. The fraction of sp³-hybridized carbons (Fsp3) is 0. The van der Waals surface area contributed by atoms with E-state index >= 15 is 0 Å². The number of nitrogens with one attached hydrogen (secondary N) is 1. The molecule has 0 aliphatic heterocycles. The standard InChI is InChI=1S/C22H14ClN5O/c23-19-13-17(12-11-16(19)14-24)25-22(29)20-26-21(15-7-3-1-4-8-15)28(27-20)18-9-5-2-6-10-18/h1-13H,(H,25,29). The van der Waals surface area contributed by atoms with Crippen LogP contribution in [0.1, 0.15) is 16.2 Å². The molecule has 0 saturated carbocycles. The number of para-hydroxylation sites is 1. The van der Waals surface area contributed by atoms with Crippen molar-refractivity contribution in [2.24, 2.45) is 0 Å². The van der Waals surface area contributed by atoms with Gasteiger partial charge in [0.2, 0.25) is 5.82 Å². The van der Waals surface area contributed by atoms with Crippen molar-refractivity contribution >= 4 is 23.2 Å². The third-order valence-electron chi connectivity index (χ3n) is 4.19. The molecule has 0 unspecified atom stereocenters. The number of amides is 1. The normalized spacial score (nSPS) is 10.3. The first-order valence-electron chi connectivity index (χ1n) is 8.74. The highest BCUT2D eigenvalue weighted by Gasteiger charge is 2.19. The number of nitriles is 1. The molecule has 4 rings (SSSR count). The van der Waals surface area contributed by atoms with E-state index in [0.29, 0.717) is 17.1 Å². The van der Waals surface area contributed by atoms with Gasteiger partial charge in [-0.3, -0.25) is 4.79 Å². The van der Waals surface area contributed by atoms with Crippen LogP contribution in [0.4, 0.5) is 5.69 Å². The van der Waals surface area contributed by atoms with Gasteiger partial charge in [-0.25, -0.2) is 9.67 Å². The van der Waals surface area contributed by atoms with Crippen LogP contribution >= 0.6 is 11.6 Å². The van der Waals surface area contributed by atoms with Gasteiger partial charge in [-0.05, 0) is 30.3 Å². The van der Waals surface area contributed by atoms with Crippen molar-refractivity contribution in [1.29, 1.82) is 5.26 Å². The molecule has 6 nitrogen and oxygen atoms in total. The van der Waals surface area contributed by atoms with Crippen LogP contribution in [0.5, 0.6) is 0 Å². The first-order valence-corrected chi connectivity index (χ1v) is 9.12. The van der Waals surface area contributed by atoms with Crippen molar-refractivity contribution in [1.82, 2.24) is 14.8 Å². The molecule has 140 valence electrons. The van der Waals surface area contributed by atoms with Crippen LogP contribution in [0.15, 0.2) is 78.9 Å². The summed E-state index contributed by atoms with van der Waals surface area (Å²) in [5, 5.41) is 16.4. The number of halogens is 1. The Hall–Kier alpha value is -3.95. The third-order valence-corrected chi connectivity index (χ3v) is 4.50. The lowest BCUT2D eigenvalue weighted by Gasteiger charge is -2.05. The number of carbonyl (C=O) groups excluding carboxylic acids is 1. The van der Waals surface area contributed by atoms with Gasteiger partial charge in [-0.2, -0.15) is 5.26 Å². The Bertz CT molecular complexity index is 1160. The molecule has 1 N–H and O–H groups in total. The van der Waals surface area contributed by atoms with E-state index in [0.717, 1.165) is 11.3 Å². The van der Waals surface area contributed by atoms with Crippen LogP contribution in [0, 0.1) is 11.3 Å². The summed E-state index contributed by atoms with van der Waals surface area (Å²) >= 11 is 6.04. The highest BCUT2D eigenvalue weighted by atomic mass is 35.5. The SMILES string of the molecule is N#Cc1ccc(NC(=O)c2nc(-c3ccccc3)n(-c3ccccc3)n2)cc1Cl. The van der Waals surface area contributed by atoms with E-state index in [-0.39, 0.29) is 10.8 Å². The summed E-state index contributed by atoms with van der Waals surface area (Å²) in [5.41, 5.74) is 2.42. The summed E-state index contributed by atoms with van der Waals surface area (Å²) in [6.07, 6.45) is 0. The van der Waals surface area contributed by atoms with E-state index < -0.39 is 5.91 Å². The number of aromatic nitrogens is 3. The summed E-state index contributed by atoms with van der Waals surface area (Å²) in [5.74, 6) is 0.102. The van der Waals surface area contributed by atoms with E-state index in [4.69, 9.17) is 16.9 Å². The van der Waals surface area contributed by atoms with Gasteiger partial charge in [0.25, 0.3) is 5.91 Å². The minimum atomic E-state index is -0.474. The zero-order chi connectivity index (χ0) is 20.2. The summed E-state index contributed by atoms with van der Waals surface area (Å²) in [6, 6.07) is 25.7. The molecule has 0 aliphatic carbocycles. The Morgan fingerprint density at radius 1 is 1.00 bits per heavy atom. The molecular formula is C22H14ClN5O. The predicted octanol–water partition coefficient (Wildman–Crippen LogP) is 4.71. The van der Waals surface area contributed by atoms with E-state index in [2.05, 4.69) is 15.4 Å². The maximum absolute atomic E-state index is 12.8. The predicted molar refractivity (Wildman–Crippen MR) is 111 cm³/mol. The van der Waals surface area contributed by atoms with Gasteiger partial charge in [0, 0.05) is 11.3 Å². The smallest absolute Gasteiger partial charge is 0.295 e. The molecule has 0 bridgehead atoms. The quantitative estimate of drug-likeness (QED) is 0.538. The Kier molecular flexibility index (Phi) is 5.06. The van der Waals surface area contributed by atoms with Gasteiger partial charge in [-0.15, -0.1) is 5.10 Å². The first kappa shape index (κ1) is 18.4. The molecule has 1 aromatic heterocycles. The molecule has 0 atom stereocenters. The molecule has 4 aromatic rings. The molecule has 0 radical (unpaired) electrons. The number of nitrogens with zero attached hydrogens (tertiary/aromatic N) is 4. The Labute approximate surface area is 172 Å². The average Bonchev–Trinajstić information content (AvgIpc) is 3.21. The molecule has 1 heterocycles. The van der Waals surface area contributed by atoms with Gasteiger partial charge < -0.3 is 5.32 Å². The van der Waals surface area contributed by atoms with Gasteiger partial charge in [0.15, 0.2) is 5.82 Å². The van der Waals surface area contributed by atoms with Gasteiger partial charge in [0.05, 0.1) is 16.3 Å². The molecule has 0 fully saturated rings. The minimum Gasteiger partial charge on any atom is -0.319 e. The number of hydrogen-bond acceptors (Lipinski definition) is 4. The number of rotatable bonds is 4. The Morgan fingerprint density at radius 3 is 2.34 bits per heavy atom. The molecule has 29 heavy (non-hydrogen) atoms. The van der Waals surface area contributed by atoms with Crippen LogP contribution < -0.4 is 5.32 Å². The number of anilines is 1. The summed E-state index contributed by atoms with van der Waals surface area (Å²) in [4.78, 5) is 17.2. The molecule has 0 spiro atoms. The minimum absolute atomic E-state index is 0.0215. The summed E-state index contributed by atoms with van der Waals surface area (Å²) in [6.45, 7) is 0. The molecule has 3 aromatic carbocycles. The van der Waals surface area contributed by atoms with Gasteiger partial charge >= 0.3 is 0 Å². The van der Waals surface area contributed by atoms with E-state index in [1.54, 1.807) is 16.8 Å². The van der Waals surface area contributed by atoms with Crippen LogP contribution in [-0.4, -0.2) is 20.7 Å². The fourth-order valence-corrected chi connectivity index (χ4v) is 3.02. The largest absolute Gasteiger partial charge is 0.319 e. The van der Waals surface area contributed by atoms with Crippen LogP contribution in [0.2, 0.25) is 5.02 Å². The topological polar surface area (TPSA) is 83.6 Å². The Balaban J connectivity index is 1.71. The number of carbonyl (C=O) groups is 1. The maximum Gasteiger partial charge on any atom is 0.295 e. The number of hydrogen-bond donors (Lipinski definition) is 1. The number of benzene rings is 3. The highest BCUT2D eigenvalue weighted by Crippen LogP contribution is 2.23. The lowest BCUT2D eigenvalue weighted by molar-refractivity contribution is 0.101. The van der Waals surface area contributed by atoms with Gasteiger partial charge in [-0.1, -0.05) is 60.1 Å². The molecule has 1 amide bonds. The van der Waals surface area contributed by atoms with Crippen LogP contribution in [0.25, 0.3) is 17.1 Å². The lowest BCUT2D eigenvalue weighted by atomic mass is 10.2. The van der Waals surface area contributed by atoms with Crippen molar-refractivity contribution in [3.05, 3.63) is 95.3 Å². The van der Waals surface area contributed by atoms with E-state index in [1.807, 2.05) is 66.7 Å². The zero-order valence-corrected chi connectivity index (χ0v) is 15.8. The maximum atomic E-state index is 12.8. The van der Waals surface area contributed by atoms with Crippen molar-refractivity contribution in [3.63, 3.8) is 0 Å². The lowest BCUT2D eigenvalue weighted by Crippen LogP contribution is -2.14. The summed E-state index contributed by atoms with van der Waals surface area (Å²) in [7, 11) is 0. The molecular weight excluding hydrogens is 386 g/mol. The van der Waals surface area contributed by atoms with Crippen molar-refractivity contribution in [2.45, 2.75) is 0 Å². The second-order valence-corrected chi connectivity index (χ2v) is 6.54. The monoisotopic (exact) mass is 399 g/mol. The highest BCUT2D eigenvalue weighted by molar-refractivity contribution is 6.32. The molecule has 0 aliphatic rings.